The third kappa shape index (κ3) is 5.13. The number of nitrogens with one attached hydrogen (secondary N) is 2. The number of hydrogen-bond donors (Lipinski definition) is 2. The highest BCUT2D eigenvalue weighted by Gasteiger charge is 2.33. The van der Waals surface area contributed by atoms with Gasteiger partial charge in [0.25, 0.3) is 5.56 Å². The number of halogens is 2. The molecule has 9 heteroatoms. The molecule has 194 valence electrons. The van der Waals surface area contributed by atoms with Crippen LogP contribution in [0.3, 0.4) is 0 Å². The van der Waals surface area contributed by atoms with Crippen LogP contribution in [0.1, 0.15) is 42.6 Å². The van der Waals surface area contributed by atoms with Gasteiger partial charge in [0.15, 0.2) is 0 Å². The lowest BCUT2D eigenvalue weighted by molar-refractivity contribution is -0.104. The van der Waals surface area contributed by atoms with Gasteiger partial charge >= 0.3 is 0 Å². The summed E-state index contributed by atoms with van der Waals surface area (Å²) in [6.07, 6.45) is 4.26. The molecule has 2 N–H and O–H groups in total. The van der Waals surface area contributed by atoms with Gasteiger partial charge in [-0.3, -0.25) is 9.59 Å². The van der Waals surface area contributed by atoms with Crippen LogP contribution >= 0.6 is 23.5 Å². The minimum atomic E-state index is -0.496. The zero-order valence-electron chi connectivity index (χ0n) is 21.4. The Morgan fingerprint density at radius 3 is 2.54 bits per heavy atom. The minimum absolute atomic E-state index is 0.0242. The molecule has 1 saturated carbocycles. The van der Waals surface area contributed by atoms with Crippen molar-refractivity contribution >= 4 is 46.9 Å². The molecule has 0 saturated heterocycles. The Labute approximate surface area is 225 Å². The lowest BCUT2D eigenvalue weighted by atomic mass is 9.96. The molecule has 1 heterocycles. The molecule has 0 amide bonds. The molecule has 3 aromatic rings. The fourth-order valence-corrected chi connectivity index (χ4v) is 5.19. The summed E-state index contributed by atoms with van der Waals surface area (Å²) in [6, 6.07) is 10.4. The van der Waals surface area contributed by atoms with E-state index < -0.39 is 5.82 Å². The number of methoxy groups -OCH3 is 1. The Balaban J connectivity index is 2.07. The zero-order chi connectivity index (χ0) is 26.9. The summed E-state index contributed by atoms with van der Waals surface area (Å²) in [6.45, 7) is 5.24. The first-order valence-electron chi connectivity index (χ1n) is 11.8. The molecule has 1 aromatic heterocycles. The molecule has 1 fully saturated rings. The van der Waals surface area contributed by atoms with Crippen molar-refractivity contribution in [3.63, 3.8) is 0 Å². The summed E-state index contributed by atoms with van der Waals surface area (Å²) in [5.41, 5.74) is 3.90. The number of nitrogens with zero attached hydrogens (tertiary/aromatic N) is 1. The maximum Gasteiger partial charge on any atom is 0.264 e. The maximum absolute atomic E-state index is 14.9. The molecule has 0 aliphatic heterocycles. The summed E-state index contributed by atoms with van der Waals surface area (Å²) in [7, 11) is 1.47. The number of pyridine rings is 1. The summed E-state index contributed by atoms with van der Waals surface area (Å²) < 4.78 is 25.7. The summed E-state index contributed by atoms with van der Waals surface area (Å²) in [5.74, 6) is -0.234. The van der Waals surface area contributed by atoms with Crippen LogP contribution in [0.2, 0.25) is 5.02 Å². The minimum Gasteiger partial charge on any atom is -0.495 e. The van der Waals surface area contributed by atoms with Gasteiger partial charge in [-0.15, -0.1) is 0 Å². The van der Waals surface area contributed by atoms with E-state index in [1.807, 2.05) is 31.4 Å². The van der Waals surface area contributed by atoms with Crippen LogP contribution in [0.5, 0.6) is 5.75 Å². The number of ether oxygens (including phenoxy) is 1. The van der Waals surface area contributed by atoms with E-state index in [0.717, 1.165) is 24.1 Å². The van der Waals surface area contributed by atoms with E-state index in [1.54, 1.807) is 30.5 Å². The Morgan fingerprint density at radius 2 is 1.95 bits per heavy atom. The number of allylic oxidation sites excluding steroid dienone is 1. The summed E-state index contributed by atoms with van der Waals surface area (Å²) in [5, 5.41) is 3.49. The van der Waals surface area contributed by atoms with Crippen molar-refractivity contribution in [2.45, 2.75) is 39.7 Å². The monoisotopic (exact) mass is 541 g/mol. The molecule has 0 atom stereocenters. The standard InChI is InChI=1S/C28H29ClFN3O3S/c1-15-9-12-21(20(30)13-15)31-26(16(2)14-34)24-27(36-4)23(17(3)33(28(24)35)18-10-11-18)19-7-6-8-22(25(19)29)32-37-5/h6-9,12-14,18,31-32H,10-11H2,1-5H3/b26-16+. The molecular weight excluding hydrogens is 513 g/mol. The topological polar surface area (TPSA) is 72.4 Å². The van der Waals surface area contributed by atoms with Gasteiger partial charge in [-0.25, -0.2) is 4.39 Å². The fourth-order valence-electron chi connectivity index (χ4n) is 4.48. The van der Waals surface area contributed by atoms with E-state index >= 15 is 0 Å². The summed E-state index contributed by atoms with van der Waals surface area (Å²) in [4.78, 5) is 26.0. The normalized spacial score (nSPS) is 13.7. The van der Waals surface area contributed by atoms with Crippen LogP contribution in [0.4, 0.5) is 15.8 Å². The van der Waals surface area contributed by atoms with Crippen molar-refractivity contribution in [2.75, 3.05) is 23.4 Å². The molecule has 0 bridgehead atoms. The highest BCUT2D eigenvalue weighted by atomic mass is 35.5. The molecule has 0 unspecified atom stereocenters. The molecular formula is C28H29ClFN3O3S. The molecule has 1 aliphatic carbocycles. The molecule has 0 spiro atoms. The second-order valence-electron chi connectivity index (χ2n) is 9.03. The summed E-state index contributed by atoms with van der Waals surface area (Å²) >= 11 is 8.26. The Kier molecular flexibility index (Phi) is 7.99. The predicted octanol–water partition coefficient (Wildman–Crippen LogP) is 7.00. The molecule has 2 aromatic carbocycles. The van der Waals surface area contributed by atoms with Gasteiger partial charge in [-0.1, -0.05) is 41.7 Å². The van der Waals surface area contributed by atoms with E-state index in [1.165, 1.54) is 25.1 Å². The maximum atomic E-state index is 14.9. The van der Waals surface area contributed by atoms with Crippen molar-refractivity contribution < 1.29 is 13.9 Å². The predicted molar refractivity (Wildman–Crippen MR) is 151 cm³/mol. The number of rotatable bonds is 9. The number of aryl methyl sites for hydroxylation is 1. The molecule has 37 heavy (non-hydrogen) atoms. The number of anilines is 2. The fraction of sp³-hybridized carbons (Fsp3) is 0.286. The average Bonchev–Trinajstić information content (AvgIpc) is 3.70. The number of benzene rings is 2. The second kappa shape index (κ2) is 11.0. The third-order valence-electron chi connectivity index (χ3n) is 6.41. The smallest absolute Gasteiger partial charge is 0.264 e. The SMILES string of the molecule is COc1c(-c2cccc(NSC)c2Cl)c(C)n(C2CC2)c(=O)c1/C(Nc1ccc(C)cc1F)=C(/C)C=O. The first-order chi connectivity index (χ1) is 17.7. The van der Waals surface area contributed by atoms with Gasteiger partial charge in [-0.2, -0.15) is 0 Å². The van der Waals surface area contributed by atoms with Crippen molar-refractivity contribution in [1.29, 1.82) is 0 Å². The first kappa shape index (κ1) is 26.8. The van der Waals surface area contributed by atoms with Crippen molar-refractivity contribution in [1.82, 2.24) is 4.57 Å². The molecule has 0 radical (unpaired) electrons. The highest BCUT2D eigenvalue weighted by Crippen LogP contribution is 2.46. The lowest BCUT2D eigenvalue weighted by Crippen LogP contribution is -2.28. The van der Waals surface area contributed by atoms with Gasteiger partial charge < -0.3 is 19.3 Å². The average molecular weight is 542 g/mol. The highest BCUT2D eigenvalue weighted by molar-refractivity contribution is 7.99. The van der Waals surface area contributed by atoms with E-state index in [4.69, 9.17) is 16.3 Å². The van der Waals surface area contributed by atoms with Crippen molar-refractivity contribution in [3.8, 4) is 16.9 Å². The third-order valence-corrected chi connectivity index (χ3v) is 7.24. The lowest BCUT2D eigenvalue weighted by Gasteiger charge is -2.24. The van der Waals surface area contributed by atoms with Gasteiger partial charge in [0.1, 0.15) is 23.4 Å². The number of carbonyl (C=O) groups is 1. The molecule has 4 rings (SSSR count). The van der Waals surface area contributed by atoms with Gasteiger partial charge in [0.2, 0.25) is 0 Å². The van der Waals surface area contributed by atoms with Gasteiger partial charge in [0.05, 0.1) is 29.2 Å². The van der Waals surface area contributed by atoms with Crippen molar-refractivity contribution in [2.24, 2.45) is 0 Å². The van der Waals surface area contributed by atoms with Crippen LogP contribution in [0.15, 0.2) is 46.8 Å². The number of carbonyl (C=O) groups excluding carboxylic acids is 1. The van der Waals surface area contributed by atoms with Crippen LogP contribution in [0, 0.1) is 19.7 Å². The van der Waals surface area contributed by atoms with Gasteiger partial charge in [0, 0.05) is 34.7 Å². The van der Waals surface area contributed by atoms with Crippen LogP contribution in [0.25, 0.3) is 16.8 Å². The van der Waals surface area contributed by atoms with Crippen molar-refractivity contribution in [3.05, 3.63) is 80.0 Å². The Morgan fingerprint density at radius 1 is 1.22 bits per heavy atom. The van der Waals surface area contributed by atoms with E-state index in [9.17, 15) is 14.0 Å². The second-order valence-corrected chi connectivity index (χ2v) is 10.0. The number of hydrogen-bond acceptors (Lipinski definition) is 6. The Hall–Kier alpha value is -3.23. The quantitative estimate of drug-likeness (QED) is 0.173. The van der Waals surface area contributed by atoms with E-state index in [-0.39, 0.29) is 39.9 Å². The molecule has 1 aliphatic rings. The van der Waals surface area contributed by atoms with E-state index in [0.29, 0.717) is 28.1 Å². The van der Waals surface area contributed by atoms with Crippen LogP contribution < -0.4 is 20.3 Å². The van der Waals surface area contributed by atoms with E-state index in [2.05, 4.69) is 10.0 Å². The number of aldehydes is 1. The van der Waals surface area contributed by atoms with Crippen LogP contribution in [-0.4, -0.2) is 24.2 Å². The van der Waals surface area contributed by atoms with Gasteiger partial charge in [-0.05, 0) is 57.4 Å². The zero-order valence-corrected chi connectivity index (χ0v) is 22.9. The largest absolute Gasteiger partial charge is 0.495 e. The Bertz CT molecular complexity index is 1460. The first-order valence-corrected chi connectivity index (χ1v) is 13.4. The van der Waals surface area contributed by atoms with Crippen LogP contribution in [-0.2, 0) is 4.79 Å². The molecule has 6 nitrogen and oxygen atoms in total. The number of aromatic nitrogens is 1.